The Bertz CT molecular complexity index is 364. The topological polar surface area (TPSA) is 92.5 Å². The minimum absolute atomic E-state index is 0.0726. The Hall–Kier alpha value is -0.660. The van der Waals surface area contributed by atoms with E-state index in [1.54, 1.807) is 0 Å². The summed E-state index contributed by atoms with van der Waals surface area (Å²) >= 11 is 0. The van der Waals surface area contributed by atoms with Crippen molar-refractivity contribution in [2.75, 3.05) is 31.9 Å². The van der Waals surface area contributed by atoms with E-state index in [4.69, 9.17) is 5.73 Å². The van der Waals surface area contributed by atoms with Gasteiger partial charge in [0.15, 0.2) is 0 Å². The van der Waals surface area contributed by atoms with Gasteiger partial charge in [-0.3, -0.25) is 4.79 Å². The Balaban J connectivity index is 2.13. The quantitative estimate of drug-likeness (QED) is 0.587. The van der Waals surface area contributed by atoms with Crippen LogP contribution in [0.5, 0.6) is 0 Å². The SMILES string of the molecule is NCCCCNC(=O)CCCS(=O)(=O)N1CCCC1. The van der Waals surface area contributed by atoms with Gasteiger partial charge in [-0.2, -0.15) is 0 Å². The molecule has 7 heteroatoms. The molecule has 0 aromatic carbocycles. The molecular formula is C12H25N3O3S. The standard InChI is InChI=1S/C12H25N3O3S/c13-7-1-2-8-14-12(16)6-5-11-19(17,18)15-9-3-4-10-15/h1-11,13H2,(H,14,16). The number of sulfonamides is 1. The molecule has 0 unspecified atom stereocenters. The van der Waals surface area contributed by atoms with Crippen LogP contribution in [-0.4, -0.2) is 50.6 Å². The predicted molar refractivity (Wildman–Crippen MR) is 75.1 cm³/mol. The summed E-state index contributed by atoms with van der Waals surface area (Å²) in [6, 6.07) is 0. The molecule has 0 atom stereocenters. The molecule has 0 aromatic rings. The van der Waals surface area contributed by atoms with Crippen LogP contribution in [0.2, 0.25) is 0 Å². The van der Waals surface area contributed by atoms with E-state index >= 15 is 0 Å². The summed E-state index contributed by atoms with van der Waals surface area (Å²) < 4.78 is 25.3. The molecule has 0 saturated carbocycles. The molecular weight excluding hydrogens is 266 g/mol. The smallest absolute Gasteiger partial charge is 0.220 e. The zero-order valence-electron chi connectivity index (χ0n) is 11.4. The molecule has 1 aliphatic heterocycles. The van der Waals surface area contributed by atoms with Gasteiger partial charge in [-0.1, -0.05) is 0 Å². The van der Waals surface area contributed by atoms with E-state index in [2.05, 4.69) is 5.32 Å². The average Bonchev–Trinajstić information content (AvgIpc) is 2.89. The van der Waals surface area contributed by atoms with Crippen molar-refractivity contribution in [2.24, 2.45) is 5.73 Å². The summed E-state index contributed by atoms with van der Waals surface area (Å²) in [5.41, 5.74) is 5.35. The third kappa shape index (κ3) is 6.35. The summed E-state index contributed by atoms with van der Waals surface area (Å²) in [5, 5.41) is 2.77. The van der Waals surface area contributed by atoms with E-state index in [1.165, 1.54) is 4.31 Å². The number of nitrogens with one attached hydrogen (secondary N) is 1. The number of carbonyl (C=O) groups is 1. The fraction of sp³-hybridized carbons (Fsp3) is 0.917. The number of unbranched alkanes of at least 4 members (excludes halogenated alkanes) is 1. The molecule has 0 bridgehead atoms. The lowest BCUT2D eigenvalue weighted by molar-refractivity contribution is -0.121. The third-order valence-electron chi connectivity index (χ3n) is 3.22. The van der Waals surface area contributed by atoms with Crippen LogP contribution >= 0.6 is 0 Å². The van der Waals surface area contributed by atoms with E-state index in [-0.39, 0.29) is 18.1 Å². The first-order chi connectivity index (χ1) is 9.06. The molecule has 1 rings (SSSR count). The van der Waals surface area contributed by atoms with Crippen LogP contribution in [0, 0.1) is 0 Å². The Labute approximate surface area is 115 Å². The molecule has 1 amide bonds. The predicted octanol–water partition coefficient (Wildman–Crippen LogP) is 0.0473. The summed E-state index contributed by atoms with van der Waals surface area (Å²) in [6.45, 7) is 2.51. The van der Waals surface area contributed by atoms with Crippen LogP contribution in [-0.2, 0) is 14.8 Å². The fourth-order valence-electron chi connectivity index (χ4n) is 2.10. The molecule has 3 N–H and O–H groups in total. The summed E-state index contributed by atoms with van der Waals surface area (Å²) in [6.07, 6.45) is 4.32. The molecule has 1 saturated heterocycles. The maximum absolute atomic E-state index is 11.9. The third-order valence-corrected chi connectivity index (χ3v) is 5.17. The molecule has 6 nitrogen and oxygen atoms in total. The Morgan fingerprint density at radius 2 is 1.84 bits per heavy atom. The van der Waals surface area contributed by atoms with Crippen molar-refractivity contribution in [3.63, 3.8) is 0 Å². The highest BCUT2D eigenvalue weighted by molar-refractivity contribution is 7.89. The van der Waals surface area contributed by atoms with Gasteiger partial charge >= 0.3 is 0 Å². The summed E-state index contributed by atoms with van der Waals surface area (Å²) in [7, 11) is -3.15. The molecule has 0 radical (unpaired) electrons. The number of carbonyl (C=O) groups excluding carboxylic acids is 1. The number of rotatable bonds is 9. The van der Waals surface area contributed by atoms with Gasteiger partial charge in [0.1, 0.15) is 0 Å². The number of amides is 1. The minimum atomic E-state index is -3.15. The van der Waals surface area contributed by atoms with Crippen LogP contribution in [0.25, 0.3) is 0 Å². The normalized spacial score (nSPS) is 16.7. The molecule has 1 heterocycles. The number of nitrogens with two attached hydrogens (primary N) is 1. The highest BCUT2D eigenvalue weighted by Crippen LogP contribution is 2.14. The largest absolute Gasteiger partial charge is 0.356 e. The second-order valence-electron chi connectivity index (χ2n) is 4.87. The van der Waals surface area contributed by atoms with E-state index in [0.717, 1.165) is 25.7 Å². The van der Waals surface area contributed by atoms with Crippen LogP contribution in [0.3, 0.4) is 0 Å². The van der Waals surface area contributed by atoms with Crippen LogP contribution in [0.15, 0.2) is 0 Å². The zero-order valence-corrected chi connectivity index (χ0v) is 12.3. The van der Waals surface area contributed by atoms with Crippen molar-refractivity contribution >= 4 is 15.9 Å². The van der Waals surface area contributed by atoms with Gasteiger partial charge in [0.2, 0.25) is 15.9 Å². The highest BCUT2D eigenvalue weighted by atomic mass is 32.2. The number of hydrogen-bond donors (Lipinski definition) is 2. The molecule has 19 heavy (non-hydrogen) atoms. The van der Waals surface area contributed by atoms with E-state index in [1.807, 2.05) is 0 Å². The lowest BCUT2D eigenvalue weighted by atomic mass is 10.3. The number of hydrogen-bond acceptors (Lipinski definition) is 4. The maximum atomic E-state index is 11.9. The van der Waals surface area contributed by atoms with Crippen molar-refractivity contribution in [3.8, 4) is 0 Å². The van der Waals surface area contributed by atoms with Gasteiger partial charge in [0.05, 0.1) is 5.75 Å². The summed E-state index contributed by atoms with van der Waals surface area (Å²) in [5.74, 6) is -0.00269. The van der Waals surface area contributed by atoms with Gasteiger partial charge in [-0.15, -0.1) is 0 Å². The van der Waals surface area contributed by atoms with E-state index in [9.17, 15) is 13.2 Å². The van der Waals surface area contributed by atoms with Crippen molar-refractivity contribution in [2.45, 2.75) is 38.5 Å². The van der Waals surface area contributed by atoms with E-state index < -0.39 is 10.0 Å². The van der Waals surface area contributed by atoms with Crippen LogP contribution in [0.1, 0.15) is 38.5 Å². The lowest BCUT2D eigenvalue weighted by Crippen LogP contribution is -2.31. The molecule has 1 aliphatic rings. The second kappa shape index (κ2) is 8.50. The zero-order chi connectivity index (χ0) is 14.1. The summed E-state index contributed by atoms with van der Waals surface area (Å²) in [4.78, 5) is 11.5. The maximum Gasteiger partial charge on any atom is 0.220 e. The van der Waals surface area contributed by atoms with Crippen molar-refractivity contribution in [3.05, 3.63) is 0 Å². The molecule has 0 spiro atoms. The fourth-order valence-corrected chi connectivity index (χ4v) is 3.68. The lowest BCUT2D eigenvalue weighted by Gasteiger charge is -2.15. The van der Waals surface area contributed by atoms with E-state index in [0.29, 0.717) is 32.6 Å². The number of nitrogens with zero attached hydrogens (tertiary/aromatic N) is 1. The van der Waals surface area contributed by atoms with Gasteiger partial charge in [-0.05, 0) is 38.6 Å². The van der Waals surface area contributed by atoms with Gasteiger partial charge in [0.25, 0.3) is 0 Å². The molecule has 0 aromatic heterocycles. The first-order valence-corrected chi connectivity index (χ1v) is 8.62. The van der Waals surface area contributed by atoms with Crippen LogP contribution in [0.4, 0.5) is 0 Å². The molecule has 1 fully saturated rings. The van der Waals surface area contributed by atoms with Crippen LogP contribution < -0.4 is 11.1 Å². The Morgan fingerprint density at radius 3 is 2.47 bits per heavy atom. The minimum Gasteiger partial charge on any atom is -0.356 e. The van der Waals surface area contributed by atoms with Gasteiger partial charge < -0.3 is 11.1 Å². The Kier molecular flexibility index (Phi) is 7.33. The monoisotopic (exact) mass is 291 g/mol. The second-order valence-corrected chi connectivity index (χ2v) is 6.96. The molecule has 0 aliphatic carbocycles. The Morgan fingerprint density at radius 1 is 1.16 bits per heavy atom. The van der Waals surface area contributed by atoms with Crippen molar-refractivity contribution < 1.29 is 13.2 Å². The highest BCUT2D eigenvalue weighted by Gasteiger charge is 2.24. The molecule has 112 valence electrons. The van der Waals surface area contributed by atoms with Crippen molar-refractivity contribution in [1.82, 2.24) is 9.62 Å². The van der Waals surface area contributed by atoms with Gasteiger partial charge in [0, 0.05) is 26.1 Å². The first kappa shape index (κ1) is 16.4. The first-order valence-electron chi connectivity index (χ1n) is 7.01. The average molecular weight is 291 g/mol. The van der Waals surface area contributed by atoms with Gasteiger partial charge in [-0.25, -0.2) is 12.7 Å². The van der Waals surface area contributed by atoms with Crippen molar-refractivity contribution in [1.29, 1.82) is 0 Å².